The Labute approximate surface area is 201 Å². The SMILES string of the molecule is CCCNc1ccc2c(c1)N=CN(c1ccc(NC(=O)NSc3ccc(C)s3)cc1)C(=O)C2. The molecule has 2 heterocycles. The fourth-order valence-corrected chi connectivity index (χ4v) is 4.94. The van der Waals surface area contributed by atoms with E-state index in [0.29, 0.717) is 11.4 Å². The summed E-state index contributed by atoms with van der Waals surface area (Å²) in [5.41, 5.74) is 4.01. The highest BCUT2D eigenvalue weighted by Gasteiger charge is 2.20. The third-order valence-corrected chi connectivity index (χ3v) is 6.87. The lowest BCUT2D eigenvalue weighted by molar-refractivity contribution is -0.117. The maximum absolute atomic E-state index is 12.9. The molecule has 3 aromatic rings. The number of carbonyl (C=O) groups is 2. The summed E-state index contributed by atoms with van der Waals surface area (Å²) in [4.78, 5) is 32.3. The predicted octanol–water partition coefficient (Wildman–Crippen LogP) is 5.96. The number of benzene rings is 2. The fraction of sp³-hybridized carbons (Fsp3) is 0.208. The average Bonchev–Trinajstić information content (AvgIpc) is 3.16. The summed E-state index contributed by atoms with van der Waals surface area (Å²) < 4.78 is 3.79. The number of rotatable bonds is 7. The molecule has 7 nitrogen and oxygen atoms in total. The number of nitrogens with zero attached hydrogens (tertiary/aromatic N) is 2. The van der Waals surface area contributed by atoms with Gasteiger partial charge in [-0.3, -0.25) is 14.4 Å². The molecule has 0 saturated carbocycles. The molecule has 170 valence electrons. The van der Waals surface area contributed by atoms with Gasteiger partial charge >= 0.3 is 6.03 Å². The first kappa shape index (κ1) is 22.9. The maximum atomic E-state index is 12.9. The van der Waals surface area contributed by atoms with Gasteiger partial charge in [-0.25, -0.2) is 9.79 Å². The van der Waals surface area contributed by atoms with Gasteiger partial charge in [-0.2, -0.15) is 0 Å². The molecule has 33 heavy (non-hydrogen) atoms. The van der Waals surface area contributed by atoms with Crippen LogP contribution in [0.5, 0.6) is 0 Å². The van der Waals surface area contributed by atoms with Crippen LogP contribution in [0.3, 0.4) is 0 Å². The molecule has 0 bridgehead atoms. The van der Waals surface area contributed by atoms with Gasteiger partial charge in [-0.05, 0) is 79.4 Å². The molecular weight excluding hydrogens is 454 g/mol. The number of aryl methyl sites for hydroxylation is 1. The molecule has 4 rings (SSSR count). The molecular formula is C24H25N5O2S2. The van der Waals surface area contributed by atoms with E-state index in [1.807, 2.05) is 37.3 Å². The Hall–Kier alpha value is -3.30. The van der Waals surface area contributed by atoms with E-state index in [9.17, 15) is 9.59 Å². The predicted molar refractivity (Wildman–Crippen MR) is 138 cm³/mol. The van der Waals surface area contributed by atoms with Crippen molar-refractivity contribution in [2.45, 2.75) is 30.9 Å². The van der Waals surface area contributed by atoms with E-state index in [1.54, 1.807) is 41.9 Å². The number of thiophene rings is 1. The van der Waals surface area contributed by atoms with Crippen LogP contribution in [0.2, 0.25) is 0 Å². The maximum Gasteiger partial charge on any atom is 0.329 e. The zero-order chi connectivity index (χ0) is 23.2. The van der Waals surface area contributed by atoms with E-state index < -0.39 is 0 Å². The van der Waals surface area contributed by atoms with Gasteiger partial charge in [0, 0.05) is 28.5 Å². The van der Waals surface area contributed by atoms with Gasteiger partial charge in [-0.1, -0.05) is 13.0 Å². The van der Waals surface area contributed by atoms with Crippen LogP contribution in [0, 0.1) is 6.92 Å². The molecule has 1 aliphatic rings. The van der Waals surface area contributed by atoms with Crippen molar-refractivity contribution in [3.8, 4) is 0 Å². The Morgan fingerprint density at radius 2 is 1.91 bits per heavy atom. The number of hydrogen-bond donors (Lipinski definition) is 3. The number of amides is 3. The lowest BCUT2D eigenvalue weighted by atomic mass is 10.1. The fourth-order valence-electron chi connectivity index (χ4n) is 3.28. The van der Waals surface area contributed by atoms with Gasteiger partial charge in [-0.15, -0.1) is 11.3 Å². The second-order valence-corrected chi connectivity index (χ2v) is 9.92. The standard InChI is InChI=1S/C24H25N5O2S2/c1-3-12-25-19-6-5-17-13-22(30)29(15-26-21(17)14-19)20-9-7-18(8-10-20)27-24(31)28-33-23-11-4-16(2)32-23/h4-11,14-15,25H,3,12-13H2,1-2H3,(H2,27,28,31). The molecule has 0 spiro atoms. The van der Waals surface area contributed by atoms with Gasteiger partial charge in [0.2, 0.25) is 5.91 Å². The Kier molecular flexibility index (Phi) is 7.31. The van der Waals surface area contributed by atoms with E-state index in [1.165, 1.54) is 21.7 Å². The summed E-state index contributed by atoms with van der Waals surface area (Å²) in [5.74, 6) is -0.0622. The summed E-state index contributed by atoms with van der Waals surface area (Å²) in [6.07, 6.45) is 2.87. The van der Waals surface area contributed by atoms with Gasteiger partial charge in [0.05, 0.1) is 16.3 Å². The van der Waals surface area contributed by atoms with Crippen molar-refractivity contribution in [1.29, 1.82) is 0 Å². The third-order valence-electron chi connectivity index (χ3n) is 4.95. The molecule has 0 fully saturated rings. The Balaban J connectivity index is 1.39. The van der Waals surface area contributed by atoms with Crippen molar-refractivity contribution >= 4 is 64.3 Å². The van der Waals surface area contributed by atoms with Gasteiger partial charge in [0.1, 0.15) is 6.34 Å². The van der Waals surface area contributed by atoms with Gasteiger partial charge < -0.3 is 10.6 Å². The molecule has 0 unspecified atom stereocenters. The second-order valence-electron chi connectivity index (χ2n) is 7.53. The number of nitrogens with one attached hydrogen (secondary N) is 3. The minimum Gasteiger partial charge on any atom is -0.385 e. The highest BCUT2D eigenvalue weighted by molar-refractivity contribution is 7.99. The highest BCUT2D eigenvalue weighted by atomic mass is 32.2. The van der Waals surface area contributed by atoms with E-state index >= 15 is 0 Å². The summed E-state index contributed by atoms with van der Waals surface area (Å²) in [5, 5.41) is 6.15. The highest BCUT2D eigenvalue weighted by Crippen LogP contribution is 2.29. The Bertz CT molecular complexity index is 1170. The topological polar surface area (TPSA) is 85.8 Å². The van der Waals surface area contributed by atoms with E-state index in [2.05, 4.69) is 27.3 Å². The Morgan fingerprint density at radius 3 is 2.64 bits per heavy atom. The van der Waals surface area contributed by atoms with Crippen LogP contribution in [0.1, 0.15) is 23.8 Å². The smallest absolute Gasteiger partial charge is 0.329 e. The monoisotopic (exact) mass is 479 g/mol. The van der Waals surface area contributed by atoms with Crippen LogP contribution in [0.25, 0.3) is 0 Å². The molecule has 9 heteroatoms. The molecule has 2 aromatic carbocycles. The van der Waals surface area contributed by atoms with E-state index in [-0.39, 0.29) is 18.4 Å². The van der Waals surface area contributed by atoms with Crippen LogP contribution in [-0.2, 0) is 11.2 Å². The van der Waals surface area contributed by atoms with Crippen molar-refractivity contribution in [1.82, 2.24) is 4.72 Å². The molecule has 1 aromatic heterocycles. The quantitative estimate of drug-likeness (QED) is 0.365. The molecule has 3 N–H and O–H groups in total. The van der Waals surface area contributed by atoms with Crippen LogP contribution >= 0.6 is 23.3 Å². The molecule has 3 amide bonds. The lowest BCUT2D eigenvalue weighted by Crippen LogP contribution is -2.29. The zero-order valence-corrected chi connectivity index (χ0v) is 20.1. The first-order chi connectivity index (χ1) is 16.0. The number of fused-ring (bicyclic) bond motifs is 1. The molecule has 0 atom stereocenters. The van der Waals surface area contributed by atoms with Crippen molar-refractivity contribution in [3.05, 3.63) is 65.0 Å². The number of aliphatic imine (C=N–C) groups is 1. The number of anilines is 3. The van der Waals surface area contributed by atoms with Crippen molar-refractivity contribution in [3.63, 3.8) is 0 Å². The summed E-state index contributed by atoms with van der Waals surface area (Å²) in [6, 6.07) is 16.7. The second kappa shape index (κ2) is 10.5. The first-order valence-corrected chi connectivity index (χ1v) is 12.3. The molecule has 0 saturated heterocycles. The summed E-state index contributed by atoms with van der Waals surface area (Å²) in [7, 11) is 0. The van der Waals surface area contributed by atoms with Gasteiger partial charge in [0.25, 0.3) is 0 Å². The van der Waals surface area contributed by atoms with Crippen molar-refractivity contribution in [2.24, 2.45) is 4.99 Å². The minimum absolute atomic E-state index is 0.0622. The first-order valence-electron chi connectivity index (χ1n) is 10.6. The largest absolute Gasteiger partial charge is 0.385 e. The Morgan fingerprint density at radius 1 is 1.12 bits per heavy atom. The summed E-state index contributed by atoms with van der Waals surface area (Å²) in [6.45, 7) is 5.03. The van der Waals surface area contributed by atoms with Crippen LogP contribution < -0.4 is 20.3 Å². The molecule has 1 aliphatic heterocycles. The minimum atomic E-state index is -0.311. The van der Waals surface area contributed by atoms with Crippen LogP contribution in [-0.4, -0.2) is 24.8 Å². The van der Waals surface area contributed by atoms with E-state index in [4.69, 9.17) is 0 Å². The van der Waals surface area contributed by atoms with Crippen LogP contribution in [0.4, 0.5) is 27.5 Å². The third kappa shape index (κ3) is 5.94. The lowest BCUT2D eigenvalue weighted by Gasteiger charge is -2.16. The number of urea groups is 1. The van der Waals surface area contributed by atoms with Crippen LogP contribution in [0.15, 0.2) is 63.8 Å². The van der Waals surface area contributed by atoms with Gasteiger partial charge in [0.15, 0.2) is 0 Å². The number of hydrogen-bond acceptors (Lipinski definition) is 6. The molecule has 0 radical (unpaired) electrons. The normalized spacial score (nSPS) is 12.8. The van der Waals surface area contributed by atoms with Crippen molar-refractivity contribution < 1.29 is 9.59 Å². The average molecular weight is 480 g/mol. The zero-order valence-electron chi connectivity index (χ0n) is 18.4. The summed E-state index contributed by atoms with van der Waals surface area (Å²) >= 11 is 2.90. The molecule has 0 aliphatic carbocycles. The van der Waals surface area contributed by atoms with E-state index in [0.717, 1.165) is 34.1 Å². The number of carbonyl (C=O) groups excluding carboxylic acids is 2. The van der Waals surface area contributed by atoms with Crippen molar-refractivity contribution in [2.75, 3.05) is 22.1 Å².